The van der Waals surface area contributed by atoms with Crippen LogP contribution in [-0.4, -0.2) is 34.3 Å². The number of amides is 1. The van der Waals surface area contributed by atoms with E-state index in [0.29, 0.717) is 0 Å². The summed E-state index contributed by atoms with van der Waals surface area (Å²) >= 11 is 0. The smallest absolute Gasteiger partial charge is 0.337 e. The predicted molar refractivity (Wildman–Crippen MR) is 77.7 cm³/mol. The quantitative estimate of drug-likeness (QED) is 0.642. The molecule has 0 fully saturated rings. The first-order valence-corrected chi connectivity index (χ1v) is 6.17. The van der Waals surface area contributed by atoms with Gasteiger partial charge in [-0.1, -0.05) is 0 Å². The molecule has 0 bridgehead atoms. The fourth-order valence-electron chi connectivity index (χ4n) is 1.83. The first-order chi connectivity index (χ1) is 10.4. The second-order valence-electron chi connectivity index (χ2n) is 4.38. The monoisotopic (exact) mass is 303 g/mol. The first kappa shape index (κ1) is 15.2. The van der Waals surface area contributed by atoms with Crippen molar-refractivity contribution in [2.45, 2.75) is 0 Å². The van der Waals surface area contributed by atoms with Gasteiger partial charge in [0.1, 0.15) is 5.75 Å². The molecule has 0 aromatic heterocycles. The molecule has 0 spiro atoms. The van der Waals surface area contributed by atoms with Crippen molar-refractivity contribution in [1.29, 1.82) is 0 Å². The van der Waals surface area contributed by atoms with Crippen LogP contribution >= 0.6 is 0 Å². The molecule has 114 valence electrons. The highest BCUT2D eigenvalue weighted by Crippen LogP contribution is 2.27. The van der Waals surface area contributed by atoms with Crippen molar-refractivity contribution in [2.75, 3.05) is 12.4 Å². The van der Waals surface area contributed by atoms with Gasteiger partial charge in [0.2, 0.25) is 0 Å². The molecule has 0 saturated heterocycles. The van der Waals surface area contributed by atoms with Gasteiger partial charge in [0.05, 0.1) is 18.4 Å². The number of aromatic carboxylic acids is 1. The number of nitrogens with one attached hydrogen (secondary N) is 1. The second kappa shape index (κ2) is 6.04. The van der Waals surface area contributed by atoms with E-state index in [1.807, 2.05) is 0 Å². The van der Waals surface area contributed by atoms with Crippen LogP contribution in [0.4, 0.5) is 5.69 Å². The lowest BCUT2D eigenvalue weighted by atomic mass is 10.1. The number of phenolic OH excluding ortho intramolecular Hbond substituents is 2. The second-order valence-corrected chi connectivity index (χ2v) is 4.38. The van der Waals surface area contributed by atoms with E-state index in [1.165, 1.54) is 37.4 Å². The van der Waals surface area contributed by atoms with E-state index in [1.54, 1.807) is 0 Å². The number of hydrogen-bond donors (Lipinski definition) is 4. The molecule has 1 amide bonds. The van der Waals surface area contributed by atoms with Crippen LogP contribution in [0.1, 0.15) is 20.7 Å². The minimum Gasteiger partial charge on any atom is -0.508 e. The number of methoxy groups -OCH3 is 1. The number of carboxylic acid groups (broad SMARTS) is 1. The van der Waals surface area contributed by atoms with Gasteiger partial charge < -0.3 is 25.4 Å². The molecular weight excluding hydrogens is 290 g/mol. The van der Waals surface area contributed by atoms with Gasteiger partial charge in [0.15, 0.2) is 11.5 Å². The summed E-state index contributed by atoms with van der Waals surface area (Å²) in [4.78, 5) is 23.3. The van der Waals surface area contributed by atoms with Gasteiger partial charge in [-0.15, -0.1) is 0 Å². The van der Waals surface area contributed by atoms with Gasteiger partial charge in [0, 0.05) is 5.56 Å². The largest absolute Gasteiger partial charge is 0.508 e. The molecule has 0 atom stereocenters. The van der Waals surface area contributed by atoms with E-state index in [-0.39, 0.29) is 34.1 Å². The van der Waals surface area contributed by atoms with Crippen LogP contribution in [0.3, 0.4) is 0 Å². The Kier molecular flexibility index (Phi) is 4.17. The normalized spacial score (nSPS) is 10.0. The minimum absolute atomic E-state index is 0.0438. The van der Waals surface area contributed by atoms with Crippen molar-refractivity contribution in [1.82, 2.24) is 0 Å². The van der Waals surface area contributed by atoms with Gasteiger partial charge >= 0.3 is 5.97 Å². The Morgan fingerprint density at radius 3 is 2.45 bits per heavy atom. The molecule has 0 unspecified atom stereocenters. The molecule has 2 aromatic carbocycles. The minimum atomic E-state index is -1.28. The van der Waals surface area contributed by atoms with E-state index in [9.17, 15) is 19.8 Å². The fourth-order valence-corrected chi connectivity index (χ4v) is 1.83. The summed E-state index contributed by atoms with van der Waals surface area (Å²) < 4.78 is 4.91. The van der Waals surface area contributed by atoms with Gasteiger partial charge in [0.25, 0.3) is 5.91 Å². The first-order valence-electron chi connectivity index (χ1n) is 6.17. The topological polar surface area (TPSA) is 116 Å². The number of phenols is 2. The Morgan fingerprint density at radius 2 is 1.82 bits per heavy atom. The van der Waals surface area contributed by atoms with Crippen molar-refractivity contribution in [3.8, 4) is 17.2 Å². The van der Waals surface area contributed by atoms with Crippen molar-refractivity contribution in [3.05, 3.63) is 47.5 Å². The maximum Gasteiger partial charge on any atom is 0.337 e. The van der Waals surface area contributed by atoms with E-state index >= 15 is 0 Å². The highest BCUT2D eigenvalue weighted by Gasteiger charge is 2.15. The number of carboxylic acids is 1. The average Bonchev–Trinajstić information content (AvgIpc) is 2.49. The van der Waals surface area contributed by atoms with Crippen LogP contribution < -0.4 is 10.1 Å². The zero-order valence-electron chi connectivity index (χ0n) is 11.5. The molecule has 4 N–H and O–H groups in total. The maximum absolute atomic E-state index is 12.1. The SMILES string of the molecule is COc1cc(C(=O)Nc2ccc(O)cc2C(=O)O)ccc1O. The van der Waals surface area contributed by atoms with Gasteiger partial charge in [-0.3, -0.25) is 4.79 Å². The number of benzene rings is 2. The van der Waals surface area contributed by atoms with Crippen LogP contribution in [0.25, 0.3) is 0 Å². The number of carbonyl (C=O) groups excluding carboxylic acids is 1. The predicted octanol–water partition coefficient (Wildman–Crippen LogP) is 2.06. The summed E-state index contributed by atoms with van der Waals surface area (Å²) in [5, 5.41) is 30.3. The van der Waals surface area contributed by atoms with Gasteiger partial charge in [-0.25, -0.2) is 4.79 Å². The molecule has 7 heteroatoms. The van der Waals surface area contributed by atoms with Crippen LogP contribution in [0.15, 0.2) is 36.4 Å². The standard InChI is InChI=1S/C15H13NO6/c1-22-13-6-8(2-5-12(13)18)14(19)16-11-4-3-9(17)7-10(11)15(20)21/h2-7,17-18H,1H3,(H,16,19)(H,20,21). The van der Waals surface area contributed by atoms with Crippen LogP contribution in [0.5, 0.6) is 17.2 Å². The van der Waals surface area contributed by atoms with E-state index < -0.39 is 11.9 Å². The summed E-state index contributed by atoms with van der Waals surface area (Å²) in [7, 11) is 1.35. The maximum atomic E-state index is 12.1. The van der Waals surface area contributed by atoms with Crippen molar-refractivity contribution in [3.63, 3.8) is 0 Å². The number of rotatable bonds is 4. The summed E-state index contributed by atoms with van der Waals surface area (Å²) in [5.41, 5.74) is -0.0134. The third kappa shape index (κ3) is 3.09. The Bertz CT molecular complexity index is 741. The average molecular weight is 303 g/mol. The Labute approximate surface area is 125 Å². The van der Waals surface area contributed by atoms with Crippen molar-refractivity contribution in [2.24, 2.45) is 0 Å². The molecule has 0 aliphatic carbocycles. The van der Waals surface area contributed by atoms with Crippen LogP contribution in [-0.2, 0) is 0 Å². The zero-order valence-corrected chi connectivity index (χ0v) is 11.5. The Hall–Kier alpha value is -3.22. The van der Waals surface area contributed by atoms with E-state index in [2.05, 4.69) is 5.32 Å². The molecule has 0 saturated carbocycles. The lowest BCUT2D eigenvalue weighted by Gasteiger charge is -2.10. The molecule has 2 aromatic rings. The molecule has 0 aliphatic rings. The van der Waals surface area contributed by atoms with Gasteiger partial charge in [-0.2, -0.15) is 0 Å². The number of aromatic hydroxyl groups is 2. The van der Waals surface area contributed by atoms with Crippen LogP contribution in [0.2, 0.25) is 0 Å². The van der Waals surface area contributed by atoms with Gasteiger partial charge in [-0.05, 0) is 36.4 Å². The highest BCUT2D eigenvalue weighted by atomic mass is 16.5. The Balaban J connectivity index is 2.31. The summed E-state index contributed by atoms with van der Waals surface area (Å²) in [6.07, 6.45) is 0. The zero-order chi connectivity index (χ0) is 16.3. The number of ether oxygens (including phenoxy) is 1. The van der Waals surface area contributed by atoms with Crippen molar-refractivity contribution < 1.29 is 29.6 Å². The Morgan fingerprint density at radius 1 is 1.09 bits per heavy atom. The molecule has 0 radical (unpaired) electrons. The summed E-state index contributed by atoms with van der Waals surface area (Å²) in [6.45, 7) is 0. The summed E-state index contributed by atoms with van der Waals surface area (Å²) in [6, 6.07) is 7.57. The summed E-state index contributed by atoms with van der Waals surface area (Å²) in [5.74, 6) is -2.07. The third-order valence-corrected chi connectivity index (χ3v) is 2.92. The lowest BCUT2D eigenvalue weighted by molar-refractivity contribution is 0.0697. The van der Waals surface area contributed by atoms with Crippen LogP contribution in [0, 0.1) is 0 Å². The number of carbonyl (C=O) groups is 2. The van der Waals surface area contributed by atoms with E-state index in [4.69, 9.17) is 9.84 Å². The lowest BCUT2D eigenvalue weighted by Crippen LogP contribution is -2.14. The van der Waals surface area contributed by atoms with E-state index in [0.717, 1.165) is 6.07 Å². The van der Waals surface area contributed by atoms with Crippen molar-refractivity contribution >= 4 is 17.6 Å². The molecular formula is C15H13NO6. The molecule has 0 heterocycles. The third-order valence-electron chi connectivity index (χ3n) is 2.92. The molecule has 0 aliphatic heterocycles. The molecule has 2 rings (SSSR count). The number of anilines is 1. The highest BCUT2D eigenvalue weighted by molar-refractivity contribution is 6.08. The fraction of sp³-hybridized carbons (Fsp3) is 0.0667. The number of hydrogen-bond acceptors (Lipinski definition) is 5. The molecule has 7 nitrogen and oxygen atoms in total. The molecule has 22 heavy (non-hydrogen) atoms.